The molecule has 2 aromatic carbocycles. The lowest BCUT2D eigenvalue weighted by molar-refractivity contribution is -0.384. The van der Waals surface area contributed by atoms with Crippen LogP contribution < -0.4 is 5.32 Å². The molecule has 0 unspecified atom stereocenters. The summed E-state index contributed by atoms with van der Waals surface area (Å²) in [5.41, 5.74) is 1.00. The first-order valence-corrected chi connectivity index (χ1v) is 7.27. The van der Waals surface area contributed by atoms with E-state index in [-0.39, 0.29) is 24.6 Å². The zero-order valence-corrected chi connectivity index (χ0v) is 12.9. The smallest absolute Gasteiger partial charge is 0.269 e. The quantitative estimate of drug-likeness (QED) is 0.627. The molecule has 0 saturated carbocycles. The molecule has 0 saturated heterocycles. The van der Waals surface area contributed by atoms with Gasteiger partial charge in [-0.25, -0.2) is 0 Å². The number of amides is 1. The van der Waals surface area contributed by atoms with Crippen LogP contribution in [0.4, 0.5) is 5.69 Å². The summed E-state index contributed by atoms with van der Waals surface area (Å²) in [6.07, 6.45) is -0.922. The maximum Gasteiger partial charge on any atom is 0.269 e. The number of hydrogen-bond acceptors (Lipinski definition) is 4. The van der Waals surface area contributed by atoms with Gasteiger partial charge in [0.15, 0.2) is 0 Å². The number of benzene rings is 2. The molecule has 120 valence electrons. The average Bonchev–Trinajstić information content (AvgIpc) is 2.53. The van der Waals surface area contributed by atoms with Crippen molar-refractivity contribution in [2.24, 2.45) is 0 Å². The Morgan fingerprint density at radius 3 is 2.70 bits per heavy atom. The summed E-state index contributed by atoms with van der Waals surface area (Å²) >= 11 is 5.97. The van der Waals surface area contributed by atoms with Crippen LogP contribution in [-0.4, -0.2) is 22.5 Å². The number of nitrogens with one attached hydrogen (secondary N) is 1. The van der Waals surface area contributed by atoms with Gasteiger partial charge in [0.05, 0.1) is 17.4 Å². The van der Waals surface area contributed by atoms with Crippen LogP contribution in [0.5, 0.6) is 0 Å². The Bertz CT molecular complexity index is 721. The molecule has 7 heteroatoms. The normalized spacial score (nSPS) is 11.7. The van der Waals surface area contributed by atoms with Gasteiger partial charge in [-0.2, -0.15) is 0 Å². The molecule has 1 atom stereocenters. The standard InChI is InChI=1S/C16H15ClN2O4/c17-14-7-2-1-6-13(14)15(20)10-18-16(21)9-11-4-3-5-12(8-11)19(22)23/h1-8,15,20H,9-10H2,(H,18,21)/t15-/m1/s1. The molecule has 0 bridgehead atoms. The number of carbonyl (C=O) groups excluding carboxylic acids is 1. The number of nitro benzene ring substituents is 1. The Hall–Kier alpha value is -2.44. The summed E-state index contributed by atoms with van der Waals surface area (Å²) in [5, 5.41) is 23.8. The van der Waals surface area contributed by atoms with E-state index in [4.69, 9.17) is 11.6 Å². The third kappa shape index (κ3) is 4.77. The molecule has 1 amide bonds. The highest BCUT2D eigenvalue weighted by atomic mass is 35.5. The zero-order valence-electron chi connectivity index (χ0n) is 12.1. The molecule has 0 aliphatic heterocycles. The Kier molecular flexibility index (Phi) is 5.67. The van der Waals surface area contributed by atoms with Crippen LogP contribution in [0.25, 0.3) is 0 Å². The van der Waals surface area contributed by atoms with Gasteiger partial charge < -0.3 is 10.4 Å². The first kappa shape index (κ1) is 16.9. The van der Waals surface area contributed by atoms with Crippen LogP contribution in [0.15, 0.2) is 48.5 Å². The van der Waals surface area contributed by atoms with Crippen LogP contribution in [0.2, 0.25) is 5.02 Å². The minimum Gasteiger partial charge on any atom is -0.387 e. The summed E-state index contributed by atoms with van der Waals surface area (Å²) in [6.45, 7) is 0.0114. The topological polar surface area (TPSA) is 92.5 Å². The lowest BCUT2D eigenvalue weighted by atomic mass is 10.1. The largest absolute Gasteiger partial charge is 0.387 e. The van der Waals surface area contributed by atoms with Gasteiger partial charge in [-0.3, -0.25) is 14.9 Å². The third-order valence-electron chi connectivity index (χ3n) is 3.24. The predicted octanol–water partition coefficient (Wildman–Crippen LogP) is 2.64. The first-order valence-electron chi connectivity index (χ1n) is 6.90. The van der Waals surface area contributed by atoms with Crippen LogP contribution in [0, 0.1) is 10.1 Å². The van der Waals surface area contributed by atoms with E-state index in [0.29, 0.717) is 16.1 Å². The number of rotatable bonds is 6. The highest BCUT2D eigenvalue weighted by Gasteiger charge is 2.13. The van der Waals surface area contributed by atoms with Crippen molar-refractivity contribution < 1.29 is 14.8 Å². The van der Waals surface area contributed by atoms with Gasteiger partial charge in [0.1, 0.15) is 0 Å². The maximum absolute atomic E-state index is 11.9. The molecule has 2 aromatic rings. The molecule has 0 fully saturated rings. The van der Waals surface area contributed by atoms with Crippen LogP contribution in [0.3, 0.4) is 0 Å². The van der Waals surface area contributed by atoms with Crippen molar-refractivity contribution in [3.63, 3.8) is 0 Å². The van der Waals surface area contributed by atoms with Crippen LogP contribution in [-0.2, 0) is 11.2 Å². The van der Waals surface area contributed by atoms with Gasteiger partial charge in [0.25, 0.3) is 5.69 Å². The minimum absolute atomic E-state index is 0.00305. The molecule has 0 aromatic heterocycles. The molecule has 0 heterocycles. The van der Waals surface area contributed by atoms with Gasteiger partial charge in [-0.15, -0.1) is 0 Å². The van der Waals surface area contributed by atoms with E-state index < -0.39 is 11.0 Å². The Balaban J connectivity index is 1.91. The second-order valence-corrected chi connectivity index (χ2v) is 5.35. The monoisotopic (exact) mass is 334 g/mol. The van der Waals surface area contributed by atoms with E-state index in [0.717, 1.165) is 0 Å². The highest BCUT2D eigenvalue weighted by Crippen LogP contribution is 2.21. The number of halogens is 1. The maximum atomic E-state index is 11.9. The van der Waals surface area contributed by atoms with E-state index in [1.807, 2.05) is 0 Å². The highest BCUT2D eigenvalue weighted by molar-refractivity contribution is 6.31. The second-order valence-electron chi connectivity index (χ2n) is 4.95. The molecule has 0 aliphatic rings. The van der Waals surface area contributed by atoms with E-state index in [1.165, 1.54) is 18.2 Å². The summed E-state index contributed by atoms with van der Waals surface area (Å²) in [7, 11) is 0. The lowest BCUT2D eigenvalue weighted by Gasteiger charge is -2.13. The third-order valence-corrected chi connectivity index (χ3v) is 3.59. The summed E-state index contributed by atoms with van der Waals surface area (Å²) < 4.78 is 0. The number of aliphatic hydroxyl groups excluding tert-OH is 1. The Morgan fingerprint density at radius 1 is 1.26 bits per heavy atom. The van der Waals surface area contributed by atoms with Gasteiger partial charge in [0, 0.05) is 29.3 Å². The first-order chi connectivity index (χ1) is 11.0. The summed E-state index contributed by atoms with van der Waals surface area (Å²) in [5.74, 6) is -0.336. The Labute approximate surface area is 137 Å². The molecule has 2 rings (SSSR count). The van der Waals surface area contributed by atoms with E-state index in [1.54, 1.807) is 30.3 Å². The molecule has 2 N–H and O–H groups in total. The molecule has 0 aliphatic carbocycles. The zero-order chi connectivity index (χ0) is 16.8. The number of nitrogens with zero attached hydrogens (tertiary/aromatic N) is 1. The fraction of sp³-hybridized carbons (Fsp3) is 0.188. The van der Waals surface area contributed by atoms with Crippen LogP contribution >= 0.6 is 11.6 Å². The molecular formula is C16H15ClN2O4. The molecule has 0 spiro atoms. The van der Waals surface area contributed by atoms with Crippen molar-refractivity contribution in [2.45, 2.75) is 12.5 Å². The number of non-ortho nitro benzene ring substituents is 1. The van der Waals surface area contributed by atoms with Gasteiger partial charge in [-0.1, -0.05) is 41.9 Å². The molecule has 23 heavy (non-hydrogen) atoms. The second kappa shape index (κ2) is 7.71. The van der Waals surface area contributed by atoms with Crippen molar-refractivity contribution in [3.05, 3.63) is 74.8 Å². The van der Waals surface area contributed by atoms with Crippen molar-refractivity contribution in [1.82, 2.24) is 5.32 Å². The number of nitro groups is 1. The fourth-order valence-corrected chi connectivity index (χ4v) is 2.36. The summed E-state index contributed by atoms with van der Waals surface area (Å²) in [4.78, 5) is 22.1. The van der Waals surface area contributed by atoms with Gasteiger partial charge >= 0.3 is 0 Å². The van der Waals surface area contributed by atoms with Gasteiger partial charge in [0.2, 0.25) is 5.91 Å². The SMILES string of the molecule is O=C(Cc1cccc([N+](=O)[O-])c1)NC[C@@H](O)c1ccccc1Cl. The van der Waals surface area contributed by atoms with Crippen LogP contribution in [0.1, 0.15) is 17.2 Å². The van der Waals surface area contributed by atoms with Crippen molar-refractivity contribution >= 4 is 23.2 Å². The van der Waals surface area contributed by atoms with E-state index in [2.05, 4.69) is 5.32 Å². The fourth-order valence-electron chi connectivity index (χ4n) is 2.09. The van der Waals surface area contributed by atoms with E-state index in [9.17, 15) is 20.0 Å². The van der Waals surface area contributed by atoms with E-state index >= 15 is 0 Å². The number of hydrogen-bond donors (Lipinski definition) is 2. The van der Waals surface area contributed by atoms with Gasteiger partial charge in [-0.05, 0) is 11.6 Å². The molecular weight excluding hydrogens is 320 g/mol. The van der Waals surface area contributed by atoms with Crippen molar-refractivity contribution in [3.8, 4) is 0 Å². The Morgan fingerprint density at radius 2 is 2.00 bits per heavy atom. The average molecular weight is 335 g/mol. The molecule has 6 nitrogen and oxygen atoms in total. The minimum atomic E-state index is -0.919. The lowest BCUT2D eigenvalue weighted by Crippen LogP contribution is -2.29. The number of carbonyl (C=O) groups is 1. The number of aliphatic hydroxyl groups is 1. The van der Waals surface area contributed by atoms with Crippen molar-refractivity contribution in [1.29, 1.82) is 0 Å². The summed E-state index contributed by atoms with van der Waals surface area (Å²) in [6, 6.07) is 12.7. The molecule has 0 radical (unpaired) electrons. The predicted molar refractivity (Wildman–Crippen MR) is 86.2 cm³/mol. The van der Waals surface area contributed by atoms with Crippen molar-refractivity contribution in [2.75, 3.05) is 6.54 Å².